The van der Waals surface area contributed by atoms with Crippen LogP contribution in [0.3, 0.4) is 0 Å². The monoisotopic (exact) mass is 221 g/mol. The summed E-state index contributed by atoms with van der Waals surface area (Å²) in [7, 11) is 0. The highest BCUT2D eigenvalue weighted by molar-refractivity contribution is 5.98. The fraction of sp³-hybridized carbons (Fsp3) is 0.455. The Balaban J connectivity index is 2.07. The first-order chi connectivity index (χ1) is 7.60. The van der Waals surface area contributed by atoms with E-state index >= 15 is 0 Å². The topological polar surface area (TPSA) is 77.2 Å². The van der Waals surface area contributed by atoms with E-state index in [-0.39, 0.29) is 12.5 Å². The molecule has 2 heterocycles. The van der Waals surface area contributed by atoms with Crippen molar-refractivity contribution in [3.63, 3.8) is 0 Å². The average Bonchev–Trinajstić information content (AvgIpc) is 2.66. The second-order valence-electron chi connectivity index (χ2n) is 4.16. The second kappa shape index (κ2) is 4.19. The number of rotatable bonds is 2. The lowest BCUT2D eigenvalue weighted by molar-refractivity contribution is -0.121. The summed E-state index contributed by atoms with van der Waals surface area (Å²) in [5.74, 6) is -0.211. The van der Waals surface area contributed by atoms with Crippen LogP contribution in [0.5, 0.6) is 0 Å². The molecule has 1 unspecified atom stereocenters. The van der Waals surface area contributed by atoms with Crippen molar-refractivity contribution in [1.82, 2.24) is 4.98 Å². The molecule has 1 aliphatic heterocycles. The zero-order chi connectivity index (χ0) is 11.6. The molecule has 0 aliphatic carbocycles. The summed E-state index contributed by atoms with van der Waals surface area (Å²) in [6, 6.07) is 1.85. The van der Waals surface area contributed by atoms with Gasteiger partial charge in [0.25, 0.3) is 0 Å². The van der Waals surface area contributed by atoms with Crippen LogP contribution in [-0.2, 0) is 9.53 Å². The maximum atomic E-state index is 11.9. The molecular weight excluding hydrogens is 206 g/mol. The van der Waals surface area contributed by atoms with Crippen molar-refractivity contribution in [2.24, 2.45) is 5.73 Å². The lowest BCUT2D eigenvalue weighted by Crippen LogP contribution is -2.51. The van der Waals surface area contributed by atoms with E-state index in [0.29, 0.717) is 18.7 Å². The zero-order valence-electron chi connectivity index (χ0n) is 9.19. The number of amides is 1. The summed E-state index contributed by atoms with van der Waals surface area (Å²) in [6.07, 6.45) is 3.88. The number of hydrogen-bond donors (Lipinski definition) is 2. The van der Waals surface area contributed by atoms with E-state index in [1.54, 1.807) is 12.4 Å². The van der Waals surface area contributed by atoms with Crippen molar-refractivity contribution in [3.05, 3.63) is 24.0 Å². The molecule has 0 aromatic carbocycles. The van der Waals surface area contributed by atoms with Gasteiger partial charge < -0.3 is 15.8 Å². The van der Waals surface area contributed by atoms with E-state index in [1.807, 2.05) is 13.0 Å². The molecule has 1 aliphatic rings. The van der Waals surface area contributed by atoms with E-state index in [2.05, 4.69) is 10.3 Å². The van der Waals surface area contributed by atoms with Crippen LogP contribution in [0.25, 0.3) is 0 Å². The predicted molar refractivity (Wildman–Crippen MR) is 60.0 cm³/mol. The van der Waals surface area contributed by atoms with Gasteiger partial charge >= 0.3 is 0 Å². The summed E-state index contributed by atoms with van der Waals surface area (Å²) >= 11 is 0. The lowest BCUT2D eigenvalue weighted by atomic mass is 9.99. The molecule has 5 nitrogen and oxygen atoms in total. The minimum Gasteiger partial charge on any atom is -0.379 e. The zero-order valence-corrected chi connectivity index (χ0v) is 9.19. The summed E-state index contributed by atoms with van der Waals surface area (Å²) in [4.78, 5) is 15.9. The maximum Gasteiger partial charge on any atom is 0.246 e. The predicted octanol–water partition coefficient (Wildman–Crippen LogP) is 0.446. The Morgan fingerprint density at radius 3 is 3.06 bits per heavy atom. The fourth-order valence-electron chi connectivity index (χ4n) is 1.64. The normalized spacial score (nSPS) is 24.4. The van der Waals surface area contributed by atoms with Crippen LogP contribution in [0, 0.1) is 6.92 Å². The minimum atomic E-state index is -0.899. The maximum absolute atomic E-state index is 11.9. The third kappa shape index (κ3) is 2.20. The molecular formula is C11H15N3O2. The second-order valence-corrected chi connectivity index (χ2v) is 4.16. The summed E-state index contributed by atoms with van der Waals surface area (Å²) in [5.41, 5.74) is 6.69. The van der Waals surface area contributed by atoms with E-state index in [0.717, 1.165) is 5.56 Å². The minimum absolute atomic E-state index is 0.211. The SMILES string of the molecule is Cc1cncc(NC(=O)C2(N)CCOC2)c1. The van der Waals surface area contributed by atoms with Gasteiger partial charge in [0, 0.05) is 12.8 Å². The molecule has 1 amide bonds. The third-order valence-corrected chi connectivity index (χ3v) is 2.64. The largest absolute Gasteiger partial charge is 0.379 e. The standard InChI is InChI=1S/C11H15N3O2/c1-8-4-9(6-13-5-8)14-10(15)11(12)2-3-16-7-11/h4-6H,2-3,7,12H2,1H3,(H,14,15). The Morgan fingerprint density at radius 2 is 2.44 bits per heavy atom. The summed E-state index contributed by atoms with van der Waals surface area (Å²) < 4.78 is 5.14. The van der Waals surface area contributed by atoms with Gasteiger partial charge in [-0.25, -0.2) is 0 Å². The van der Waals surface area contributed by atoms with E-state index in [9.17, 15) is 4.79 Å². The molecule has 0 saturated carbocycles. The average molecular weight is 221 g/mol. The molecule has 86 valence electrons. The third-order valence-electron chi connectivity index (χ3n) is 2.64. The molecule has 1 aromatic heterocycles. The Kier molecular flexibility index (Phi) is 2.89. The molecule has 5 heteroatoms. The lowest BCUT2D eigenvalue weighted by Gasteiger charge is -2.20. The number of pyridine rings is 1. The van der Waals surface area contributed by atoms with Crippen LogP contribution >= 0.6 is 0 Å². The van der Waals surface area contributed by atoms with Gasteiger partial charge in [-0.2, -0.15) is 0 Å². The van der Waals surface area contributed by atoms with Gasteiger partial charge in [-0.05, 0) is 25.0 Å². The molecule has 1 fully saturated rings. The first-order valence-corrected chi connectivity index (χ1v) is 5.20. The van der Waals surface area contributed by atoms with Gasteiger partial charge in [0.1, 0.15) is 5.54 Å². The molecule has 2 rings (SSSR count). The Bertz CT molecular complexity index is 400. The van der Waals surface area contributed by atoms with Crippen molar-refractivity contribution in [1.29, 1.82) is 0 Å². The van der Waals surface area contributed by atoms with Crippen molar-refractivity contribution < 1.29 is 9.53 Å². The Morgan fingerprint density at radius 1 is 1.62 bits per heavy atom. The van der Waals surface area contributed by atoms with Crippen LogP contribution in [0.4, 0.5) is 5.69 Å². The number of anilines is 1. The summed E-state index contributed by atoms with van der Waals surface area (Å²) in [5, 5.41) is 2.76. The fourth-order valence-corrected chi connectivity index (χ4v) is 1.64. The van der Waals surface area contributed by atoms with Gasteiger partial charge in [-0.15, -0.1) is 0 Å². The van der Waals surface area contributed by atoms with Gasteiger partial charge in [0.05, 0.1) is 18.5 Å². The number of nitrogens with one attached hydrogen (secondary N) is 1. The Hall–Kier alpha value is -1.46. The molecule has 1 aromatic rings. The van der Waals surface area contributed by atoms with Gasteiger partial charge in [0.2, 0.25) is 5.91 Å². The van der Waals surface area contributed by atoms with Crippen molar-refractivity contribution in [2.45, 2.75) is 18.9 Å². The quantitative estimate of drug-likeness (QED) is 0.760. The van der Waals surface area contributed by atoms with Crippen LogP contribution in [0.1, 0.15) is 12.0 Å². The number of aryl methyl sites for hydroxylation is 1. The Labute approximate surface area is 94.0 Å². The summed E-state index contributed by atoms with van der Waals surface area (Å²) in [6.45, 7) is 2.73. The highest BCUT2D eigenvalue weighted by atomic mass is 16.5. The number of ether oxygens (including phenoxy) is 1. The van der Waals surface area contributed by atoms with E-state index in [4.69, 9.17) is 10.5 Å². The molecule has 0 spiro atoms. The highest BCUT2D eigenvalue weighted by Gasteiger charge is 2.38. The molecule has 1 atom stereocenters. The van der Waals surface area contributed by atoms with Gasteiger partial charge in [0.15, 0.2) is 0 Å². The molecule has 3 N–H and O–H groups in total. The number of carbonyl (C=O) groups excluding carboxylic acids is 1. The van der Waals surface area contributed by atoms with E-state index in [1.165, 1.54) is 0 Å². The number of nitrogens with two attached hydrogens (primary N) is 1. The van der Waals surface area contributed by atoms with Crippen LogP contribution in [-0.4, -0.2) is 29.6 Å². The first kappa shape index (κ1) is 11.0. The highest BCUT2D eigenvalue weighted by Crippen LogP contribution is 2.18. The smallest absolute Gasteiger partial charge is 0.246 e. The number of aromatic nitrogens is 1. The van der Waals surface area contributed by atoms with Crippen molar-refractivity contribution in [3.8, 4) is 0 Å². The van der Waals surface area contributed by atoms with Crippen LogP contribution in [0.15, 0.2) is 18.5 Å². The van der Waals surface area contributed by atoms with Gasteiger partial charge in [-0.1, -0.05) is 0 Å². The van der Waals surface area contributed by atoms with E-state index < -0.39 is 5.54 Å². The molecule has 0 radical (unpaired) electrons. The molecule has 0 bridgehead atoms. The molecule has 16 heavy (non-hydrogen) atoms. The first-order valence-electron chi connectivity index (χ1n) is 5.20. The number of hydrogen-bond acceptors (Lipinski definition) is 4. The van der Waals surface area contributed by atoms with Crippen molar-refractivity contribution in [2.75, 3.05) is 18.5 Å². The van der Waals surface area contributed by atoms with Crippen molar-refractivity contribution >= 4 is 11.6 Å². The number of carbonyl (C=O) groups is 1. The molecule has 1 saturated heterocycles. The van der Waals surface area contributed by atoms with Crippen LogP contribution in [0.2, 0.25) is 0 Å². The number of nitrogens with zero attached hydrogens (tertiary/aromatic N) is 1. The van der Waals surface area contributed by atoms with Crippen LogP contribution < -0.4 is 11.1 Å². The van der Waals surface area contributed by atoms with Gasteiger partial charge in [-0.3, -0.25) is 9.78 Å².